The van der Waals surface area contributed by atoms with Gasteiger partial charge in [-0.1, -0.05) is 24.4 Å². The van der Waals surface area contributed by atoms with Crippen LogP contribution in [0.25, 0.3) is 0 Å². The molecule has 2 aliphatic rings. The molecule has 0 unspecified atom stereocenters. The minimum absolute atomic E-state index is 0.381. The van der Waals surface area contributed by atoms with Gasteiger partial charge < -0.3 is 14.7 Å². The van der Waals surface area contributed by atoms with Crippen molar-refractivity contribution >= 4 is 0 Å². The highest BCUT2D eigenvalue weighted by molar-refractivity contribution is 4.95. The quantitative estimate of drug-likeness (QED) is 0.899. The van der Waals surface area contributed by atoms with Crippen LogP contribution in [0.15, 0.2) is 10.9 Å². The van der Waals surface area contributed by atoms with E-state index in [0.717, 1.165) is 18.8 Å². The first kappa shape index (κ1) is 13.1. The number of rotatable bonds is 3. The number of aromatic nitrogens is 2. The van der Waals surface area contributed by atoms with E-state index in [1.165, 1.54) is 64.6 Å². The van der Waals surface area contributed by atoms with Crippen LogP contribution in [0, 0.1) is 0 Å². The van der Waals surface area contributed by atoms with E-state index in [4.69, 9.17) is 4.52 Å². The number of nitrogens with zero attached hydrogens (tertiary/aromatic N) is 3. The standard InChI is InChI=1S/C14H24N4O/c1-2-6-14(7-3-1)11-18(9-4-8-16-14)10-5-13-15-12-19-17-13/h12,16H,1-11H2. The lowest BCUT2D eigenvalue weighted by molar-refractivity contribution is 0.164. The smallest absolute Gasteiger partial charge is 0.213 e. The molecule has 5 heteroatoms. The fourth-order valence-corrected chi connectivity index (χ4v) is 3.53. The minimum Gasteiger partial charge on any atom is -0.343 e. The average molecular weight is 264 g/mol. The summed E-state index contributed by atoms with van der Waals surface area (Å²) >= 11 is 0. The van der Waals surface area contributed by atoms with Crippen molar-refractivity contribution in [3.63, 3.8) is 0 Å². The Balaban J connectivity index is 1.57. The molecule has 19 heavy (non-hydrogen) atoms. The molecule has 0 bridgehead atoms. The number of nitrogens with one attached hydrogen (secondary N) is 1. The second-order valence-corrected chi connectivity index (χ2v) is 5.99. The molecule has 0 aromatic carbocycles. The van der Waals surface area contributed by atoms with Crippen molar-refractivity contribution in [1.29, 1.82) is 0 Å². The highest BCUT2D eigenvalue weighted by atomic mass is 16.5. The van der Waals surface area contributed by atoms with E-state index in [0.29, 0.717) is 5.54 Å². The van der Waals surface area contributed by atoms with Gasteiger partial charge in [-0.05, 0) is 32.4 Å². The lowest BCUT2D eigenvalue weighted by atomic mass is 9.81. The van der Waals surface area contributed by atoms with E-state index in [1.807, 2.05) is 0 Å². The molecule has 2 fully saturated rings. The molecule has 0 amide bonds. The van der Waals surface area contributed by atoms with E-state index >= 15 is 0 Å². The third-order valence-corrected chi connectivity index (χ3v) is 4.55. The molecule has 0 atom stereocenters. The Labute approximate surface area is 114 Å². The van der Waals surface area contributed by atoms with Crippen LogP contribution < -0.4 is 5.32 Å². The first-order valence-corrected chi connectivity index (χ1v) is 7.59. The molecule has 3 rings (SSSR count). The van der Waals surface area contributed by atoms with Crippen LogP contribution in [0.3, 0.4) is 0 Å². The topological polar surface area (TPSA) is 54.2 Å². The zero-order chi connectivity index (χ0) is 13.0. The molecule has 1 saturated heterocycles. The second kappa shape index (κ2) is 6.01. The molecule has 5 nitrogen and oxygen atoms in total. The summed E-state index contributed by atoms with van der Waals surface area (Å²) in [6.07, 6.45) is 10.4. The minimum atomic E-state index is 0.381. The Bertz CT molecular complexity index is 373. The summed E-state index contributed by atoms with van der Waals surface area (Å²) in [7, 11) is 0. The molecule has 1 aliphatic carbocycles. The zero-order valence-corrected chi connectivity index (χ0v) is 11.6. The van der Waals surface area contributed by atoms with Crippen molar-refractivity contribution in [3.8, 4) is 0 Å². The second-order valence-electron chi connectivity index (χ2n) is 5.99. The van der Waals surface area contributed by atoms with Crippen LogP contribution in [-0.4, -0.2) is 46.8 Å². The van der Waals surface area contributed by atoms with Gasteiger partial charge in [0.25, 0.3) is 0 Å². The van der Waals surface area contributed by atoms with Gasteiger partial charge in [-0.15, -0.1) is 0 Å². The summed E-state index contributed by atoms with van der Waals surface area (Å²) in [5.41, 5.74) is 0.381. The monoisotopic (exact) mass is 264 g/mol. The van der Waals surface area contributed by atoms with Crippen LogP contribution in [0.5, 0.6) is 0 Å². The van der Waals surface area contributed by atoms with Gasteiger partial charge in [0.15, 0.2) is 5.82 Å². The Morgan fingerprint density at radius 1 is 1.26 bits per heavy atom. The van der Waals surface area contributed by atoms with Gasteiger partial charge in [0.05, 0.1) is 0 Å². The fraction of sp³-hybridized carbons (Fsp3) is 0.857. The van der Waals surface area contributed by atoms with Gasteiger partial charge in [-0.3, -0.25) is 0 Å². The van der Waals surface area contributed by atoms with E-state index < -0.39 is 0 Å². The highest BCUT2D eigenvalue weighted by Gasteiger charge is 2.34. The first-order valence-electron chi connectivity index (χ1n) is 7.59. The van der Waals surface area contributed by atoms with Gasteiger partial charge in [-0.2, -0.15) is 4.98 Å². The van der Waals surface area contributed by atoms with Crippen molar-refractivity contribution in [1.82, 2.24) is 20.4 Å². The van der Waals surface area contributed by atoms with E-state index in [9.17, 15) is 0 Å². The Hall–Kier alpha value is -0.940. The summed E-state index contributed by atoms with van der Waals surface area (Å²) in [6, 6.07) is 0. The van der Waals surface area contributed by atoms with Gasteiger partial charge >= 0.3 is 0 Å². The van der Waals surface area contributed by atoms with Crippen molar-refractivity contribution in [3.05, 3.63) is 12.2 Å². The molecule has 1 aliphatic heterocycles. The zero-order valence-electron chi connectivity index (χ0n) is 11.6. The Kier molecular flexibility index (Phi) is 4.13. The molecule has 0 radical (unpaired) electrons. The molecular weight excluding hydrogens is 240 g/mol. The molecule has 106 valence electrons. The molecule has 1 N–H and O–H groups in total. The largest absolute Gasteiger partial charge is 0.343 e. The summed E-state index contributed by atoms with van der Waals surface area (Å²) in [5, 5.41) is 7.73. The van der Waals surface area contributed by atoms with Crippen LogP contribution in [0.2, 0.25) is 0 Å². The third-order valence-electron chi connectivity index (χ3n) is 4.55. The Morgan fingerprint density at radius 3 is 2.95 bits per heavy atom. The molecule has 1 saturated carbocycles. The number of hydrogen-bond donors (Lipinski definition) is 1. The Morgan fingerprint density at radius 2 is 2.16 bits per heavy atom. The highest BCUT2D eigenvalue weighted by Crippen LogP contribution is 2.30. The molecule has 1 aromatic rings. The molecular formula is C14H24N4O. The van der Waals surface area contributed by atoms with E-state index in [1.54, 1.807) is 0 Å². The van der Waals surface area contributed by atoms with Crippen LogP contribution in [0.1, 0.15) is 44.3 Å². The maximum absolute atomic E-state index is 4.80. The SMILES string of the molecule is c1nc(CCN2CCCNC3(CCCCC3)C2)no1. The maximum Gasteiger partial charge on any atom is 0.213 e. The lowest BCUT2D eigenvalue weighted by Gasteiger charge is -2.40. The third kappa shape index (κ3) is 3.34. The normalized spacial score (nSPS) is 24.4. The summed E-state index contributed by atoms with van der Waals surface area (Å²) in [5.74, 6) is 0.829. The van der Waals surface area contributed by atoms with Crippen molar-refractivity contribution in [2.45, 2.75) is 50.5 Å². The summed E-state index contributed by atoms with van der Waals surface area (Å²) in [6.45, 7) is 4.58. The van der Waals surface area contributed by atoms with E-state index in [-0.39, 0.29) is 0 Å². The van der Waals surface area contributed by atoms with Crippen molar-refractivity contribution in [2.75, 3.05) is 26.2 Å². The van der Waals surface area contributed by atoms with Crippen LogP contribution in [-0.2, 0) is 6.42 Å². The number of hydrogen-bond acceptors (Lipinski definition) is 5. The van der Waals surface area contributed by atoms with Crippen molar-refractivity contribution in [2.24, 2.45) is 0 Å². The maximum atomic E-state index is 4.80. The van der Waals surface area contributed by atoms with Crippen LogP contribution in [0.4, 0.5) is 0 Å². The first-order chi connectivity index (χ1) is 9.36. The van der Waals surface area contributed by atoms with Gasteiger partial charge in [0.2, 0.25) is 6.39 Å². The van der Waals surface area contributed by atoms with E-state index in [2.05, 4.69) is 20.4 Å². The van der Waals surface area contributed by atoms with Crippen LogP contribution >= 0.6 is 0 Å². The van der Waals surface area contributed by atoms with Gasteiger partial charge in [0, 0.05) is 25.0 Å². The summed E-state index contributed by atoms with van der Waals surface area (Å²) in [4.78, 5) is 6.69. The molecule has 1 aromatic heterocycles. The van der Waals surface area contributed by atoms with Gasteiger partial charge in [0.1, 0.15) is 0 Å². The summed E-state index contributed by atoms with van der Waals surface area (Å²) < 4.78 is 4.80. The lowest BCUT2D eigenvalue weighted by Crippen LogP contribution is -2.52. The molecule has 1 spiro atoms. The predicted molar refractivity (Wildman–Crippen MR) is 72.9 cm³/mol. The molecule has 2 heterocycles. The van der Waals surface area contributed by atoms with Gasteiger partial charge in [-0.25, -0.2) is 0 Å². The average Bonchev–Trinajstić information content (AvgIpc) is 2.88. The fourth-order valence-electron chi connectivity index (χ4n) is 3.53. The predicted octanol–water partition coefficient (Wildman–Crippen LogP) is 1.61. The van der Waals surface area contributed by atoms with Crippen molar-refractivity contribution < 1.29 is 4.52 Å².